The zero-order valence-corrected chi connectivity index (χ0v) is 16.4. The van der Waals surface area contributed by atoms with Crippen molar-refractivity contribution in [3.8, 4) is 5.75 Å². The Morgan fingerprint density at radius 1 is 1.00 bits per heavy atom. The number of ether oxygens (including phenoxy) is 1. The highest BCUT2D eigenvalue weighted by Gasteiger charge is 2.20. The molecule has 4 heteroatoms. The molecule has 0 radical (unpaired) electrons. The van der Waals surface area contributed by atoms with E-state index in [0.29, 0.717) is 29.2 Å². The van der Waals surface area contributed by atoms with Crippen molar-refractivity contribution < 1.29 is 13.9 Å². The highest BCUT2D eigenvalue weighted by molar-refractivity contribution is 6.31. The highest BCUT2D eigenvalue weighted by atomic mass is 16.5. The summed E-state index contributed by atoms with van der Waals surface area (Å²) in [6, 6.07) is 22.6. The number of aromatic nitrogens is 1. The molecule has 0 fully saturated rings. The van der Waals surface area contributed by atoms with Gasteiger partial charge in [0, 0.05) is 5.56 Å². The second-order valence-corrected chi connectivity index (χ2v) is 6.74. The Morgan fingerprint density at radius 2 is 1.72 bits per heavy atom. The van der Waals surface area contributed by atoms with E-state index in [1.807, 2.05) is 92.7 Å². The van der Waals surface area contributed by atoms with Crippen molar-refractivity contribution in [3.05, 3.63) is 95.4 Å². The first-order chi connectivity index (χ1) is 14.1. The van der Waals surface area contributed by atoms with E-state index in [1.54, 1.807) is 0 Å². The van der Waals surface area contributed by atoms with E-state index in [1.165, 1.54) is 0 Å². The van der Waals surface area contributed by atoms with Crippen LogP contribution in [0.1, 0.15) is 34.3 Å². The summed E-state index contributed by atoms with van der Waals surface area (Å²) in [5, 5.41) is 0. The van der Waals surface area contributed by atoms with Gasteiger partial charge in [-0.1, -0.05) is 54.1 Å². The first-order valence-corrected chi connectivity index (χ1v) is 9.56. The molecule has 4 rings (SSSR count). The normalized spacial score (nSPS) is 11.6. The number of hydrogen-bond donors (Lipinski definition) is 0. The van der Waals surface area contributed by atoms with Crippen LogP contribution in [0, 0.1) is 6.92 Å². The monoisotopic (exact) mass is 383 g/mol. The number of nitrogens with zero attached hydrogens (tertiary/aromatic N) is 1. The van der Waals surface area contributed by atoms with Crippen LogP contribution in [0.2, 0.25) is 0 Å². The Labute approximate surface area is 169 Å². The van der Waals surface area contributed by atoms with Gasteiger partial charge in [0.05, 0.1) is 12.2 Å². The molecule has 0 amide bonds. The van der Waals surface area contributed by atoms with Gasteiger partial charge in [-0.15, -0.1) is 0 Å². The van der Waals surface area contributed by atoms with Crippen LogP contribution in [0.25, 0.3) is 22.7 Å². The average molecular weight is 383 g/mol. The summed E-state index contributed by atoms with van der Waals surface area (Å²) in [6.45, 7) is 4.54. The number of carbonyl (C=O) groups is 1. The van der Waals surface area contributed by atoms with Gasteiger partial charge in [-0.05, 0) is 49.8 Å². The molecular formula is C25H21NO3. The maximum absolute atomic E-state index is 13.3. The molecule has 0 saturated heterocycles. The summed E-state index contributed by atoms with van der Waals surface area (Å²) in [6.07, 6.45) is 1.81. The zero-order chi connectivity index (χ0) is 20.2. The van der Waals surface area contributed by atoms with Crippen molar-refractivity contribution in [2.75, 3.05) is 6.61 Å². The SMILES string of the molecule is CCOc1ccc(/C=C(\C(=O)c2ccc(C)cc2)c2nc3ccccc3o2)cc1. The molecule has 0 spiro atoms. The Balaban J connectivity index is 1.79. The summed E-state index contributed by atoms with van der Waals surface area (Å²) in [5.41, 5.74) is 4.34. The van der Waals surface area contributed by atoms with Crippen LogP contribution in [-0.2, 0) is 0 Å². The number of oxazole rings is 1. The molecule has 0 aliphatic heterocycles. The van der Waals surface area contributed by atoms with Gasteiger partial charge in [-0.3, -0.25) is 4.79 Å². The van der Waals surface area contributed by atoms with Crippen LogP contribution in [-0.4, -0.2) is 17.4 Å². The van der Waals surface area contributed by atoms with Gasteiger partial charge in [0.2, 0.25) is 5.89 Å². The fourth-order valence-electron chi connectivity index (χ4n) is 3.07. The number of ketones is 1. The number of aryl methyl sites for hydroxylation is 1. The lowest BCUT2D eigenvalue weighted by Gasteiger charge is -2.06. The summed E-state index contributed by atoms with van der Waals surface area (Å²) in [7, 11) is 0. The van der Waals surface area contributed by atoms with Crippen molar-refractivity contribution in [2.45, 2.75) is 13.8 Å². The molecule has 0 N–H and O–H groups in total. The fraction of sp³-hybridized carbons (Fsp3) is 0.120. The molecule has 144 valence electrons. The highest BCUT2D eigenvalue weighted by Crippen LogP contribution is 2.27. The summed E-state index contributed by atoms with van der Waals surface area (Å²) in [5.74, 6) is 0.967. The molecule has 4 aromatic rings. The average Bonchev–Trinajstić information content (AvgIpc) is 3.17. The summed E-state index contributed by atoms with van der Waals surface area (Å²) < 4.78 is 11.4. The van der Waals surface area contributed by atoms with Crippen molar-refractivity contribution >= 4 is 28.5 Å². The minimum Gasteiger partial charge on any atom is -0.494 e. The van der Waals surface area contributed by atoms with Gasteiger partial charge in [-0.2, -0.15) is 0 Å². The van der Waals surface area contributed by atoms with E-state index in [2.05, 4.69) is 4.98 Å². The lowest BCUT2D eigenvalue weighted by molar-refractivity contribution is 0.105. The lowest BCUT2D eigenvalue weighted by atomic mass is 10.00. The second-order valence-electron chi connectivity index (χ2n) is 6.74. The molecule has 0 bridgehead atoms. The first-order valence-electron chi connectivity index (χ1n) is 9.56. The van der Waals surface area contributed by atoms with E-state index < -0.39 is 0 Å². The van der Waals surface area contributed by atoms with Crippen molar-refractivity contribution in [3.63, 3.8) is 0 Å². The molecule has 0 aliphatic carbocycles. The Kier molecular flexibility index (Phi) is 5.25. The number of Topliss-reactive ketones (excluding diaryl/α,β-unsaturated/α-hetero) is 1. The smallest absolute Gasteiger partial charge is 0.231 e. The first kappa shape index (κ1) is 18.7. The van der Waals surface area contributed by atoms with Crippen LogP contribution >= 0.6 is 0 Å². The molecule has 0 aliphatic rings. The molecular weight excluding hydrogens is 362 g/mol. The standard InChI is InChI=1S/C25H21NO3/c1-3-28-20-14-10-18(11-15-20)16-21(24(27)19-12-8-17(2)9-13-19)25-26-22-6-4-5-7-23(22)29-25/h4-16H,3H2,1-2H3/b21-16+. The molecule has 29 heavy (non-hydrogen) atoms. The summed E-state index contributed by atoms with van der Waals surface area (Å²) in [4.78, 5) is 17.9. The number of hydrogen-bond acceptors (Lipinski definition) is 4. The number of benzene rings is 3. The Morgan fingerprint density at radius 3 is 2.41 bits per heavy atom. The molecule has 0 unspecified atom stereocenters. The number of carbonyl (C=O) groups excluding carboxylic acids is 1. The third-order valence-corrected chi connectivity index (χ3v) is 4.58. The van der Waals surface area contributed by atoms with Gasteiger partial charge in [0.1, 0.15) is 11.3 Å². The van der Waals surface area contributed by atoms with E-state index in [0.717, 1.165) is 22.4 Å². The van der Waals surface area contributed by atoms with Gasteiger partial charge in [0.25, 0.3) is 0 Å². The van der Waals surface area contributed by atoms with Gasteiger partial charge in [-0.25, -0.2) is 4.98 Å². The van der Waals surface area contributed by atoms with Crippen LogP contribution in [0.5, 0.6) is 5.75 Å². The quantitative estimate of drug-likeness (QED) is 0.305. The molecule has 4 nitrogen and oxygen atoms in total. The fourth-order valence-corrected chi connectivity index (χ4v) is 3.07. The maximum atomic E-state index is 13.3. The van der Waals surface area contributed by atoms with E-state index in [-0.39, 0.29) is 5.78 Å². The Hall–Kier alpha value is -3.66. The van der Waals surface area contributed by atoms with Crippen LogP contribution in [0.3, 0.4) is 0 Å². The number of allylic oxidation sites excluding steroid dienone is 1. The van der Waals surface area contributed by atoms with Crippen molar-refractivity contribution in [1.82, 2.24) is 4.98 Å². The van der Waals surface area contributed by atoms with Crippen LogP contribution in [0.4, 0.5) is 0 Å². The molecule has 0 saturated carbocycles. The second kappa shape index (κ2) is 8.15. The van der Waals surface area contributed by atoms with Crippen molar-refractivity contribution in [2.24, 2.45) is 0 Å². The molecule has 0 atom stereocenters. The van der Waals surface area contributed by atoms with Gasteiger partial charge >= 0.3 is 0 Å². The van der Waals surface area contributed by atoms with E-state index >= 15 is 0 Å². The minimum atomic E-state index is -0.134. The molecule has 3 aromatic carbocycles. The summed E-state index contributed by atoms with van der Waals surface area (Å²) >= 11 is 0. The van der Waals surface area contributed by atoms with Crippen molar-refractivity contribution in [1.29, 1.82) is 0 Å². The maximum Gasteiger partial charge on any atom is 0.231 e. The topological polar surface area (TPSA) is 52.3 Å². The van der Waals surface area contributed by atoms with E-state index in [4.69, 9.17) is 9.15 Å². The lowest BCUT2D eigenvalue weighted by Crippen LogP contribution is -2.03. The molecule has 1 aromatic heterocycles. The Bertz CT molecular complexity index is 1140. The largest absolute Gasteiger partial charge is 0.494 e. The zero-order valence-electron chi connectivity index (χ0n) is 16.4. The number of rotatable bonds is 6. The third-order valence-electron chi connectivity index (χ3n) is 4.58. The van der Waals surface area contributed by atoms with Gasteiger partial charge in [0.15, 0.2) is 11.4 Å². The molecule has 1 heterocycles. The minimum absolute atomic E-state index is 0.134. The third kappa shape index (κ3) is 4.11. The predicted molar refractivity (Wildman–Crippen MR) is 115 cm³/mol. The van der Waals surface area contributed by atoms with Crippen LogP contribution in [0.15, 0.2) is 77.2 Å². The van der Waals surface area contributed by atoms with Gasteiger partial charge < -0.3 is 9.15 Å². The number of para-hydroxylation sites is 2. The predicted octanol–water partition coefficient (Wildman–Crippen LogP) is 5.96. The number of fused-ring (bicyclic) bond motifs is 1. The van der Waals surface area contributed by atoms with E-state index in [9.17, 15) is 4.79 Å². The van der Waals surface area contributed by atoms with Crippen LogP contribution < -0.4 is 4.74 Å².